The fourth-order valence-corrected chi connectivity index (χ4v) is 5.14. The molecule has 2 aliphatic carbocycles. The molecule has 0 heterocycles. The second-order valence-corrected chi connectivity index (χ2v) is 9.21. The Morgan fingerprint density at radius 3 is 2.31 bits per heavy atom. The molecule has 0 aliphatic heterocycles. The molecule has 3 N–H and O–H groups in total. The standard InChI is InChI=1S/C27H32N2O6/c1-34-14-6-11-24(26(31)32)29-25(30)17-12-13-18(15-17)28-27(33)35-16-23-21-9-4-2-7-19(21)20-8-3-5-10-22(20)23/h2-5,7-10,17-18,23-24H,6,11-16H2,1H3,(H,28,33)(H,29,30)(H,31,32)/t17-,18+,24?/m0/s1. The summed E-state index contributed by atoms with van der Waals surface area (Å²) in [6.45, 7) is 0.674. The van der Waals surface area contributed by atoms with E-state index in [2.05, 4.69) is 34.9 Å². The number of ether oxygens (including phenoxy) is 2. The molecule has 2 aromatic carbocycles. The number of aliphatic carboxylic acids is 1. The van der Waals surface area contributed by atoms with Gasteiger partial charge in [-0.2, -0.15) is 0 Å². The van der Waals surface area contributed by atoms with E-state index in [-0.39, 0.29) is 30.4 Å². The molecule has 186 valence electrons. The van der Waals surface area contributed by atoms with Crippen LogP contribution in [0.4, 0.5) is 4.79 Å². The average molecular weight is 481 g/mol. The van der Waals surface area contributed by atoms with Crippen LogP contribution >= 0.6 is 0 Å². The number of carbonyl (C=O) groups excluding carboxylic acids is 2. The highest BCUT2D eigenvalue weighted by molar-refractivity contribution is 5.85. The van der Waals surface area contributed by atoms with E-state index in [0.717, 1.165) is 11.1 Å². The van der Waals surface area contributed by atoms with Crippen LogP contribution in [0.1, 0.15) is 49.1 Å². The quantitative estimate of drug-likeness (QED) is 0.447. The molecular formula is C27H32N2O6. The van der Waals surface area contributed by atoms with Crippen molar-refractivity contribution in [3.63, 3.8) is 0 Å². The maximum atomic E-state index is 12.6. The lowest BCUT2D eigenvalue weighted by atomic mass is 9.98. The molecule has 0 radical (unpaired) electrons. The summed E-state index contributed by atoms with van der Waals surface area (Å²) in [6, 6.07) is 15.2. The van der Waals surface area contributed by atoms with Gasteiger partial charge in [0.15, 0.2) is 0 Å². The smallest absolute Gasteiger partial charge is 0.407 e. The Kier molecular flexibility index (Phi) is 8.02. The normalized spacial score (nSPS) is 19.5. The molecule has 1 fully saturated rings. The second kappa shape index (κ2) is 11.4. The van der Waals surface area contributed by atoms with Crippen molar-refractivity contribution in [3.05, 3.63) is 59.7 Å². The minimum atomic E-state index is -1.05. The van der Waals surface area contributed by atoms with Crippen LogP contribution in [0.2, 0.25) is 0 Å². The molecule has 1 saturated carbocycles. The lowest BCUT2D eigenvalue weighted by molar-refractivity contribution is -0.142. The average Bonchev–Trinajstić information content (AvgIpc) is 3.45. The van der Waals surface area contributed by atoms with E-state index >= 15 is 0 Å². The van der Waals surface area contributed by atoms with Crippen molar-refractivity contribution in [1.82, 2.24) is 10.6 Å². The van der Waals surface area contributed by atoms with Crippen molar-refractivity contribution in [3.8, 4) is 11.1 Å². The molecular weight excluding hydrogens is 448 g/mol. The van der Waals surface area contributed by atoms with Crippen LogP contribution in [0, 0.1) is 5.92 Å². The molecule has 4 rings (SSSR count). The maximum absolute atomic E-state index is 12.6. The molecule has 2 aromatic rings. The van der Waals surface area contributed by atoms with Gasteiger partial charge in [0.25, 0.3) is 0 Å². The Hall–Kier alpha value is -3.39. The molecule has 2 aliphatic rings. The van der Waals surface area contributed by atoms with Gasteiger partial charge in [0.2, 0.25) is 5.91 Å². The van der Waals surface area contributed by atoms with Crippen molar-refractivity contribution < 1.29 is 29.0 Å². The Bertz CT molecular complexity index is 1030. The summed E-state index contributed by atoms with van der Waals surface area (Å²) in [7, 11) is 1.55. The third-order valence-corrected chi connectivity index (χ3v) is 6.92. The van der Waals surface area contributed by atoms with Gasteiger partial charge >= 0.3 is 12.1 Å². The van der Waals surface area contributed by atoms with Crippen LogP contribution in [0.5, 0.6) is 0 Å². The molecule has 0 saturated heterocycles. The van der Waals surface area contributed by atoms with E-state index in [4.69, 9.17) is 9.47 Å². The number of fused-ring (bicyclic) bond motifs is 3. The summed E-state index contributed by atoms with van der Waals surface area (Å²) in [5, 5.41) is 14.9. The van der Waals surface area contributed by atoms with Gasteiger partial charge in [-0.15, -0.1) is 0 Å². The van der Waals surface area contributed by atoms with Crippen LogP contribution in [-0.2, 0) is 19.1 Å². The summed E-state index contributed by atoms with van der Waals surface area (Å²) in [5.41, 5.74) is 4.64. The fourth-order valence-electron chi connectivity index (χ4n) is 5.14. The van der Waals surface area contributed by atoms with Crippen molar-refractivity contribution in [2.75, 3.05) is 20.3 Å². The maximum Gasteiger partial charge on any atom is 0.407 e. The molecule has 0 bridgehead atoms. The summed E-state index contributed by atoms with van der Waals surface area (Å²) >= 11 is 0. The summed E-state index contributed by atoms with van der Waals surface area (Å²) < 4.78 is 10.6. The lowest BCUT2D eigenvalue weighted by Crippen LogP contribution is -2.43. The van der Waals surface area contributed by atoms with Crippen LogP contribution < -0.4 is 10.6 Å². The Balaban J connectivity index is 1.26. The van der Waals surface area contributed by atoms with Gasteiger partial charge in [-0.3, -0.25) is 4.79 Å². The van der Waals surface area contributed by atoms with Gasteiger partial charge in [-0.25, -0.2) is 9.59 Å². The van der Waals surface area contributed by atoms with E-state index < -0.39 is 18.1 Å². The highest BCUT2D eigenvalue weighted by atomic mass is 16.5. The molecule has 3 atom stereocenters. The van der Waals surface area contributed by atoms with Gasteiger partial charge in [-0.05, 0) is 54.4 Å². The van der Waals surface area contributed by atoms with Crippen molar-refractivity contribution >= 4 is 18.0 Å². The van der Waals surface area contributed by atoms with E-state index in [1.807, 2.05) is 24.3 Å². The Labute approximate surface area is 205 Å². The highest BCUT2D eigenvalue weighted by Crippen LogP contribution is 2.44. The molecule has 8 heteroatoms. The van der Waals surface area contributed by atoms with Crippen molar-refractivity contribution in [2.24, 2.45) is 5.92 Å². The van der Waals surface area contributed by atoms with Gasteiger partial charge in [0.1, 0.15) is 12.6 Å². The number of alkyl carbamates (subject to hydrolysis) is 1. The number of benzene rings is 2. The number of carboxylic acids is 1. The Morgan fingerprint density at radius 2 is 1.69 bits per heavy atom. The minimum absolute atomic E-state index is 0.0127. The minimum Gasteiger partial charge on any atom is -0.480 e. The van der Waals surface area contributed by atoms with E-state index in [1.54, 1.807) is 7.11 Å². The van der Waals surface area contributed by atoms with E-state index in [0.29, 0.717) is 38.7 Å². The third kappa shape index (κ3) is 5.82. The first-order valence-electron chi connectivity index (χ1n) is 12.1. The molecule has 0 aromatic heterocycles. The molecule has 0 spiro atoms. The van der Waals surface area contributed by atoms with Gasteiger partial charge in [0, 0.05) is 31.6 Å². The van der Waals surface area contributed by atoms with Crippen LogP contribution in [0.25, 0.3) is 11.1 Å². The predicted octanol–water partition coefficient (Wildman–Crippen LogP) is 3.69. The number of carboxylic acid groups (broad SMARTS) is 1. The third-order valence-electron chi connectivity index (χ3n) is 6.92. The lowest BCUT2D eigenvalue weighted by Gasteiger charge is -2.18. The van der Waals surface area contributed by atoms with Crippen LogP contribution in [0.15, 0.2) is 48.5 Å². The molecule has 2 amide bonds. The second-order valence-electron chi connectivity index (χ2n) is 9.21. The molecule has 35 heavy (non-hydrogen) atoms. The topological polar surface area (TPSA) is 114 Å². The number of amides is 2. The SMILES string of the molecule is COCCCC(NC(=O)[C@H]1CC[C@@H](NC(=O)OCC2c3ccccc3-c3ccccc32)C1)C(=O)O. The first-order chi connectivity index (χ1) is 17.0. The summed E-state index contributed by atoms with van der Waals surface area (Å²) in [5.74, 6) is -1.69. The largest absolute Gasteiger partial charge is 0.480 e. The number of nitrogens with one attached hydrogen (secondary N) is 2. The zero-order valence-corrected chi connectivity index (χ0v) is 19.9. The predicted molar refractivity (Wildman–Crippen MR) is 130 cm³/mol. The number of rotatable bonds is 10. The molecule has 1 unspecified atom stereocenters. The van der Waals surface area contributed by atoms with Gasteiger partial charge < -0.3 is 25.2 Å². The van der Waals surface area contributed by atoms with Crippen LogP contribution in [-0.4, -0.2) is 55.5 Å². The van der Waals surface area contributed by atoms with Gasteiger partial charge in [0.05, 0.1) is 0 Å². The summed E-state index contributed by atoms with van der Waals surface area (Å²) in [6.07, 6.45) is 2.04. The zero-order chi connectivity index (χ0) is 24.8. The molecule has 8 nitrogen and oxygen atoms in total. The van der Waals surface area contributed by atoms with Crippen molar-refractivity contribution in [2.45, 2.75) is 50.1 Å². The van der Waals surface area contributed by atoms with Crippen LogP contribution in [0.3, 0.4) is 0 Å². The van der Waals surface area contributed by atoms with E-state index in [1.165, 1.54) is 11.1 Å². The number of carbonyl (C=O) groups is 3. The summed E-state index contributed by atoms with van der Waals surface area (Å²) in [4.78, 5) is 36.6. The number of hydrogen-bond acceptors (Lipinski definition) is 5. The number of methoxy groups -OCH3 is 1. The Morgan fingerprint density at radius 1 is 1.03 bits per heavy atom. The van der Waals surface area contributed by atoms with E-state index in [9.17, 15) is 19.5 Å². The zero-order valence-electron chi connectivity index (χ0n) is 19.9. The monoisotopic (exact) mass is 480 g/mol. The van der Waals surface area contributed by atoms with Gasteiger partial charge in [-0.1, -0.05) is 48.5 Å². The number of hydrogen-bond donors (Lipinski definition) is 3. The first kappa shape index (κ1) is 24.7. The highest BCUT2D eigenvalue weighted by Gasteiger charge is 2.34. The fraction of sp³-hybridized carbons (Fsp3) is 0.444. The van der Waals surface area contributed by atoms with Crippen molar-refractivity contribution in [1.29, 1.82) is 0 Å². The first-order valence-corrected chi connectivity index (χ1v) is 12.1.